The molecule has 4 rings (SSSR count). The fourth-order valence-corrected chi connectivity index (χ4v) is 4.72. The van der Waals surface area contributed by atoms with Crippen molar-refractivity contribution in [3.05, 3.63) is 53.2 Å². The van der Waals surface area contributed by atoms with Gasteiger partial charge in [0.05, 0.1) is 17.5 Å². The van der Waals surface area contributed by atoms with E-state index in [9.17, 15) is 9.59 Å². The Morgan fingerprint density at radius 2 is 1.87 bits per heavy atom. The van der Waals surface area contributed by atoms with Gasteiger partial charge in [-0.25, -0.2) is 0 Å². The molecule has 1 aliphatic carbocycles. The van der Waals surface area contributed by atoms with E-state index in [2.05, 4.69) is 5.32 Å². The largest absolute Gasteiger partial charge is 0.459 e. The SMILES string of the molecule is Cc1ccc(C(=O)NCC2CCCCC2)c(C2CCN(C(=O)c3ccco3)CC2)n1. The minimum atomic E-state index is -0.0684. The number of aryl methyl sites for hydroxylation is 1. The number of rotatable bonds is 5. The molecule has 2 aliphatic rings. The first-order valence-corrected chi connectivity index (χ1v) is 11.2. The fourth-order valence-electron chi connectivity index (χ4n) is 4.72. The molecule has 30 heavy (non-hydrogen) atoms. The second-order valence-corrected chi connectivity index (χ2v) is 8.64. The van der Waals surface area contributed by atoms with Gasteiger partial charge in [-0.3, -0.25) is 14.6 Å². The second kappa shape index (κ2) is 9.45. The van der Waals surface area contributed by atoms with Gasteiger partial charge in [0.2, 0.25) is 0 Å². The zero-order chi connectivity index (χ0) is 20.9. The maximum Gasteiger partial charge on any atom is 0.289 e. The van der Waals surface area contributed by atoms with Gasteiger partial charge in [0.15, 0.2) is 5.76 Å². The summed E-state index contributed by atoms with van der Waals surface area (Å²) in [6.07, 6.45) is 9.40. The first-order chi connectivity index (χ1) is 14.6. The van der Waals surface area contributed by atoms with Crippen LogP contribution in [0.5, 0.6) is 0 Å². The van der Waals surface area contributed by atoms with Gasteiger partial charge in [-0.15, -0.1) is 0 Å². The van der Waals surface area contributed by atoms with Crippen molar-refractivity contribution in [1.29, 1.82) is 0 Å². The quantitative estimate of drug-likeness (QED) is 0.798. The van der Waals surface area contributed by atoms with Crippen molar-refractivity contribution in [3.8, 4) is 0 Å². The van der Waals surface area contributed by atoms with Crippen molar-refractivity contribution >= 4 is 11.8 Å². The summed E-state index contributed by atoms with van der Waals surface area (Å²) in [7, 11) is 0. The second-order valence-electron chi connectivity index (χ2n) is 8.64. The highest BCUT2D eigenvalue weighted by atomic mass is 16.3. The minimum absolute atomic E-state index is 0.0165. The number of carbonyl (C=O) groups is 2. The van der Waals surface area contributed by atoms with Crippen LogP contribution < -0.4 is 5.32 Å². The Labute approximate surface area is 178 Å². The Hall–Kier alpha value is -2.63. The third-order valence-electron chi connectivity index (χ3n) is 6.49. The van der Waals surface area contributed by atoms with Gasteiger partial charge >= 0.3 is 0 Å². The lowest BCUT2D eigenvalue weighted by Gasteiger charge is -2.32. The number of carbonyl (C=O) groups excluding carboxylic acids is 2. The molecule has 0 aromatic carbocycles. The van der Waals surface area contributed by atoms with Gasteiger partial charge in [-0.1, -0.05) is 19.3 Å². The Morgan fingerprint density at radius 1 is 1.10 bits per heavy atom. The van der Waals surface area contributed by atoms with Crippen molar-refractivity contribution in [1.82, 2.24) is 15.2 Å². The van der Waals surface area contributed by atoms with E-state index >= 15 is 0 Å². The van der Waals surface area contributed by atoms with Crippen LogP contribution in [0.3, 0.4) is 0 Å². The van der Waals surface area contributed by atoms with Gasteiger partial charge in [-0.2, -0.15) is 0 Å². The predicted octanol–water partition coefficient (Wildman–Crippen LogP) is 4.31. The highest BCUT2D eigenvalue weighted by Crippen LogP contribution is 2.30. The number of likely N-dealkylation sites (tertiary alicyclic amines) is 1. The van der Waals surface area contributed by atoms with E-state index in [1.807, 2.05) is 24.0 Å². The monoisotopic (exact) mass is 409 g/mol. The molecule has 160 valence electrons. The van der Waals surface area contributed by atoms with Crippen LogP contribution in [0.2, 0.25) is 0 Å². The maximum absolute atomic E-state index is 13.0. The van der Waals surface area contributed by atoms with E-state index in [1.165, 1.54) is 38.4 Å². The summed E-state index contributed by atoms with van der Waals surface area (Å²) in [5.41, 5.74) is 2.48. The van der Waals surface area contributed by atoms with Crippen molar-refractivity contribution in [2.24, 2.45) is 5.92 Å². The van der Waals surface area contributed by atoms with Crippen LogP contribution in [-0.2, 0) is 0 Å². The summed E-state index contributed by atoms with van der Waals surface area (Å²) < 4.78 is 5.25. The first kappa shape index (κ1) is 20.6. The number of pyridine rings is 1. The third-order valence-corrected chi connectivity index (χ3v) is 6.49. The highest BCUT2D eigenvalue weighted by molar-refractivity contribution is 5.95. The molecular weight excluding hydrogens is 378 g/mol. The number of hydrogen-bond donors (Lipinski definition) is 1. The maximum atomic E-state index is 13.0. The van der Waals surface area contributed by atoms with E-state index in [4.69, 9.17) is 9.40 Å². The van der Waals surface area contributed by atoms with Crippen molar-refractivity contribution < 1.29 is 14.0 Å². The number of furan rings is 1. The van der Waals surface area contributed by atoms with Crippen LogP contribution in [-0.4, -0.2) is 41.3 Å². The molecule has 2 aromatic heterocycles. The first-order valence-electron chi connectivity index (χ1n) is 11.2. The van der Waals surface area contributed by atoms with Gasteiger partial charge in [0, 0.05) is 31.2 Å². The molecule has 1 saturated heterocycles. The fraction of sp³-hybridized carbons (Fsp3) is 0.542. The van der Waals surface area contributed by atoms with Crippen molar-refractivity contribution in [2.45, 2.75) is 57.8 Å². The van der Waals surface area contributed by atoms with Crippen molar-refractivity contribution in [2.75, 3.05) is 19.6 Å². The summed E-state index contributed by atoms with van der Waals surface area (Å²) in [6, 6.07) is 7.25. The zero-order valence-corrected chi connectivity index (χ0v) is 17.7. The molecule has 6 heteroatoms. The zero-order valence-electron chi connectivity index (χ0n) is 17.7. The van der Waals surface area contributed by atoms with Crippen LogP contribution in [0, 0.1) is 12.8 Å². The molecule has 1 saturated carbocycles. The van der Waals surface area contributed by atoms with Gasteiger partial charge < -0.3 is 14.6 Å². The summed E-state index contributed by atoms with van der Waals surface area (Å²) in [5, 5.41) is 3.16. The molecule has 0 atom stereocenters. The van der Waals surface area contributed by atoms with E-state index in [0.717, 1.165) is 30.8 Å². The van der Waals surface area contributed by atoms with E-state index < -0.39 is 0 Å². The summed E-state index contributed by atoms with van der Waals surface area (Å²) in [5.74, 6) is 1.07. The lowest BCUT2D eigenvalue weighted by Crippen LogP contribution is -2.38. The molecule has 3 heterocycles. The number of amides is 2. The Balaban J connectivity index is 1.40. The number of nitrogens with one attached hydrogen (secondary N) is 1. The molecule has 6 nitrogen and oxygen atoms in total. The summed E-state index contributed by atoms with van der Waals surface area (Å²) >= 11 is 0. The van der Waals surface area contributed by atoms with Crippen LogP contribution >= 0.6 is 0 Å². The number of aromatic nitrogens is 1. The van der Waals surface area contributed by atoms with E-state index in [0.29, 0.717) is 30.3 Å². The number of piperidine rings is 1. The molecule has 2 amide bonds. The molecule has 1 aliphatic heterocycles. The molecule has 0 radical (unpaired) electrons. The Kier molecular flexibility index (Phi) is 6.50. The number of nitrogens with zero attached hydrogens (tertiary/aromatic N) is 2. The van der Waals surface area contributed by atoms with Gasteiger partial charge in [-0.05, 0) is 62.8 Å². The van der Waals surface area contributed by atoms with Gasteiger partial charge in [0.1, 0.15) is 0 Å². The van der Waals surface area contributed by atoms with Crippen LogP contribution in [0.1, 0.15) is 83.2 Å². The molecule has 1 N–H and O–H groups in total. The average Bonchev–Trinajstić information content (AvgIpc) is 3.33. The average molecular weight is 410 g/mol. The molecule has 0 bridgehead atoms. The standard InChI is InChI=1S/C24H31N3O3/c1-17-9-10-20(23(28)25-16-18-6-3-2-4-7-18)22(26-17)19-11-13-27(14-12-19)24(29)21-8-5-15-30-21/h5,8-10,15,18-19H,2-4,6-7,11-14,16H2,1H3,(H,25,28). The number of hydrogen-bond acceptors (Lipinski definition) is 4. The highest BCUT2D eigenvalue weighted by Gasteiger charge is 2.29. The molecule has 0 unspecified atom stereocenters. The molecular formula is C24H31N3O3. The van der Waals surface area contributed by atoms with Crippen molar-refractivity contribution in [3.63, 3.8) is 0 Å². The van der Waals surface area contributed by atoms with E-state index in [1.54, 1.807) is 12.1 Å². The Morgan fingerprint density at radius 3 is 2.57 bits per heavy atom. The van der Waals surface area contributed by atoms with Crippen LogP contribution in [0.4, 0.5) is 0 Å². The molecule has 2 aromatic rings. The molecule has 0 spiro atoms. The van der Waals surface area contributed by atoms with Crippen LogP contribution in [0.15, 0.2) is 34.9 Å². The predicted molar refractivity (Wildman–Crippen MR) is 114 cm³/mol. The normalized spacial score (nSPS) is 18.4. The third kappa shape index (κ3) is 4.74. The lowest BCUT2D eigenvalue weighted by molar-refractivity contribution is 0.0678. The minimum Gasteiger partial charge on any atom is -0.459 e. The van der Waals surface area contributed by atoms with Crippen LogP contribution in [0.25, 0.3) is 0 Å². The van der Waals surface area contributed by atoms with E-state index in [-0.39, 0.29) is 17.7 Å². The summed E-state index contributed by atoms with van der Waals surface area (Å²) in [4.78, 5) is 32.1. The Bertz CT molecular complexity index is 864. The lowest BCUT2D eigenvalue weighted by atomic mass is 9.88. The molecule has 2 fully saturated rings. The topological polar surface area (TPSA) is 75.4 Å². The smallest absolute Gasteiger partial charge is 0.289 e. The summed E-state index contributed by atoms with van der Waals surface area (Å²) in [6.45, 7) is 4.00. The van der Waals surface area contributed by atoms with Gasteiger partial charge in [0.25, 0.3) is 11.8 Å².